The van der Waals surface area contributed by atoms with E-state index in [1.807, 2.05) is 18.2 Å². The fourth-order valence-electron chi connectivity index (χ4n) is 3.51. The Kier molecular flexibility index (Phi) is 6.37. The molecule has 0 saturated heterocycles. The lowest BCUT2D eigenvalue weighted by Gasteiger charge is -2.26. The number of Topliss-reactive ketones (excluding diaryl/α,β-unsaturated/α-hetero) is 1. The maximum atomic E-state index is 11.3. The maximum Gasteiger partial charge on any atom is 0.159 e. The molecule has 2 aromatic carbocycles. The van der Waals surface area contributed by atoms with Gasteiger partial charge in [0.1, 0.15) is 24.3 Å². The monoisotopic (exact) mass is 400 g/mol. The van der Waals surface area contributed by atoms with E-state index in [-0.39, 0.29) is 24.8 Å². The van der Waals surface area contributed by atoms with Crippen molar-refractivity contribution < 1.29 is 14.6 Å². The zero-order chi connectivity index (χ0) is 18.8. The summed E-state index contributed by atoms with van der Waals surface area (Å²) < 4.78 is 7.85. The molecule has 1 N–H and O–H groups in total. The molecular formula is C22H25ClN2O3. The van der Waals surface area contributed by atoms with Crippen molar-refractivity contribution in [3.8, 4) is 5.75 Å². The van der Waals surface area contributed by atoms with Crippen molar-refractivity contribution in [1.29, 1.82) is 0 Å². The van der Waals surface area contributed by atoms with Gasteiger partial charge in [0.05, 0.1) is 17.6 Å². The SMILES string of the molecule is CC(=O)c1ccc(OCC(O)Cn2c(C3CCC3)nc3ccccc32)cc1.Cl. The highest BCUT2D eigenvalue weighted by molar-refractivity contribution is 5.94. The van der Waals surface area contributed by atoms with Gasteiger partial charge in [0.2, 0.25) is 0 Å². The second kappa shape index (κ2) is 8.76. The highest BCUT2D eigenvalue weighted by Gasteiger charge is 2.26. The molecule has 1 saturated carbocycles. The van der Waals surface area contributed by atoms with Gasteiger partial charge in [-0.15, -0.1) is 12.4 Å². The van der Waals surface area contributed by atoms with Crippen molar-refractivity contribution in [2.45, 2.75) is 44.8 Å². The third kappa shape index (κ3) is 4.21. The first-order valence-corrected chi connectivity index (χ1v) is 9.49. The average Bonchev–Trinajstić information content (AvgIpc) is 2.97. The van der Waals surface area contributed by atoms with Gasteiger partial charge in [-0.1, -0.05) is 18.6 Å². The van der Waals surface area contributed by atoms with E-state index in [0.717, 1.165) is 16.9 Å². The van der Waals surface area contributed by atoms with Crippen LogP contribution in [0.25, 0.3) is 11.0 Å². The molecule has 28 heavy (non-hydrogen) atoms. The van der Waals surface area contributed by atoms with Crippen LogP contribution in [0.1, 0.15) is 48.3 Å². The summed E-state index contributed by atoms with van der Waals surface area (Å²) in [6.07, 6.45) is 2.93. The molecule has 1 atom stereocenters. The van der Waals surface area contributed by atoms with Crippen LogP contribution in [0.5, 0.6) is 5.75 Å². The van der Waals surface area contributed by atoms with Crippen LogP contribution in [-0.2, 0) is 6.54 Å². The minimum atomic E-state index is -0.645. The second-order valence-corrected chi connectivity index (χ2v) is 7.24. The number of hydrogen-bond donors (Lipinski definition) is 1. The quantitative estimate of drug-likeness (QED) is 0.598. The van der Waals surface area contributed by atoms with Crippen LogP contribution < -0.4 is 4.74 Å². The molecule has 1 heterocycles. The Bertz CT molecular complexity index is 948. The minimum absolute atomic E-state index is 0. The minimum Gasteiger partial charge on any atom is -0.491 e. The number of aliphatic hydroxyl groups excluding tert-OH is 1. The second-order valence-electron chi connectivity index (χ2n) is 7.24. The Morgan fingerprint density at radius 3 is 2.57 bits per heavy atom. The van der Waals surface area contributed by atoms with Crippen LogP contribution in [0.2, 0.25) is 0 Å². The molecule has 148 valence electrons. The highest BCUT2D eigenvalue weighted by atomic mass is 35.5. The van der Waals surface area contributed by atoms with E-state index in [2.05, 4.69) is 10.6 Å². The molecule has 4 rings (SSSR count). The van der Waals surface area contributed by atoms with Crippen LogP contribution in [0.15, 0.2) is 48.5 Å². The molecule has 0 bridgehead atoms. The molecule has 5 nitrogen and oxygen atoms in total. The van der Waals surface area contributed by atoms with Gasteiger partial charge in [-0.25, -0.2) is 4.98 Å². The van der Waals surface area contributed by atoms with Gasteiger partial charge in [-0.2, -0.15) is 0 Å². The first-order valence-electron chi connectivity index (χ1n) is 9.49. The Morgan fingerprint density at radius 1 is 1.21 bits per heavy atom. The maximum absolute atomic E-state index is 11.3. The normalized spacial score (nSPS) is 14.9. The van der Waals surface area contributed by atoms with E-state index in [0.29, 0.717) is 23.8 Å². The number of carbonyl (C=O) groups is 1. The topological polar surface area (TPSA) is 64.3 Å². The van der Waals surface area contributed by atoms with Crippen molar-refractivity contribution in [3.63, 3.8) is 0 Å². The smallest absolute Gasteiger partial charge is 0.159 e. The lowest BCUT2D eigenvalue weighted by atomic mass is 9.85. The molecule has 0 spiro atoms. The van der Waals surface area contributed by atoms with E-state index in [1.165, 1.54) is 26.2 Å². The first kappa shape index (κ1) is 20.4. The van der Waals surface area contributed by atoms with E-state index in [9.17, 15) is 9.90 Å². The number of hydrogen-bond acceptors (Lipinski definition) is 4. The lowest BCUT2D eigenvalue weighted by molar-refractivity contribution is 0.0918. The summed E-state index contributed by atoms with van der Waals surface area (Å²) in [5.74, 6) is 2.24. The summed E-state index contributed by atoms with van der Waals surface area (Å²) in [6, 6.07) is 15.1. The highest BCUT2D eigenvalue weighted by Crippen LogP contribution is 2.37. The van der Waals surface area contributed by atoms with Gasteiger partial charge in [0, 0.05) is 11.5 Å². The number of halogens is 1. The molecule has 0 amide bonds. The van der Waals surface area contributed by atoms with Gasteiger partial charge in [0.15, 0.2) is 5.78 Å². The van der Waals surface area contributed by atoms with Crippen molar-refractivity contribution in [1.82, 2.24) is 9.55 Å². The predicted octanol–water partition coefficient (Wildman–Crippen LogP) is 4.37. The summed E-state index contributed by atoms with van der Waals surface area (Å²) in [7, 11) is 0. The van der Waals surface area contributed by atoms with Gasteiger partial charge >= 0.3 is 0 Å². The number of nitrogens with zero attached hydrogens (tertiary/aromatic N) is 2. The third-order valence-electron chi connectivity index (χ3n) is 5.25. The van der Waals surface area contributed by atoms with Crippen molar-refractivity contribution in [2.24, 2.45) is 0 Å². The molecule has 1 aliphatic carbocycles. The molecule has 1 aromatic heterocycles. The summed E-state index contributed by atoms with van der Waals surface area (Å²) in [4.78, 5) is 16.1. The summed E-state index contributed by atoms with van der Waals surface area (Å²) in [5.41, 5.74) is 2.69. The standard InChI is InChI=1S/C22H24N2O3.ClH/c1-15(25)16-9-11-19(12-10-16)27-14-18(26)13-24-21-8-3-2-7-20(21)23-22(24)17-5-4-6-17;/h2-3,7-12,17-18,26H,4-6,13-14H2,1H3;1H. The van der Waals surface area contributed by atoms with Gasteiger partial charge in [-0.05, 0) is 56.2 Å². The molecule has 3 aromatic rings. The van der Waals surface area contributed by atoms with E-state index in [1.54, 1.807) is 24.3 Å². The number of ether oxygens (including phenoxy) is 1. The first-order chi connectivity index (χ1) is 13.1. The Morgan fingerprint density at radius 2 is 1.93 bits per heavy atom. The molecule has 1 unspecified atom stereocenters. The Balaban J connectivity index is 0.00000225. The fourth-order valence-corrected chi connectivity index (χ4v) is 3.51. The number of rotatable bonds is 7. The van der Waals surface area contributed by atoms with Crippen molar-refractivity contribution in [3.05, 3.63) is 59.9 Å². The average molecular weight is 401 g/mol. The molecule has 1 aliphatic rings. The zero-order valence-corrected chi connectivity index (χ0v) is 16.7. The number of aliphatic hydroxyl groups is 1. The fraction of sp³-hybridized carbons (Fsp3) is 0.364. The summed E-state index contributed by atoms with van der Waals surface area (Å²) in [5, 5.41) is 10.6. The van der Waals surface area contributed by atoms with Crippen LogP contribution in [0.3, 0.4) is 0 Å². The van der Waals surface area contributed by atoms with Crippen LogP contribution in [0.4, 0.5) is 0 Å². The molecule has 1 fully saturated rings. The van der Waals surface area contributed by atoms with Gasteiger partial charge < -0.3 is 14.4 Å². The third-order valence-corrected chi connectivity index (χ3v) is 5.25. The number of fused-ring (bicyclic) bond motifs is 1. The predicted molar refractivity (Wildman–Crippen MR) is 112 cm³/mol. The molecular weight excluding hydrogens is 376 g/mol. The van der Waals surface area contributed by atoms with Crippen molar-refractivity contribution >= 4 is 29.2 Å². The zero-order valence-electron chi connectivity index (χ0n) is 15.9. The Hall–Kier alpha value is -2.37. The molecule has 0 aliphatic heterocycles. The lowest BCUT2D eigenvalue weighted by Crippen LogP contribution is -2.26. The van der Waals surface area contributed by atoms with E-state index >= 15 is 0 Å². The number of aromatic nitrogens is 2. The number of ketones is 1. The summed E-state index contributed by atoms with van der Waals surface area (Å²) >= 11 is 0. The van der Waals surface area contributed by atoms with Crippen LogP contribution in [0, 0.1) is 0 Å². The molecule has 6 heteroatoms. The van der Waals surface area contributed by atoms with Crippen LogP contribution >= 0.6 is 12.4 Å². The largest absolute Gasteiger partial charge is 0.491 e. The number of benzene rings is 2. The van der Waals surface area contributed by atoms with Crippen LogP contribution in [-0.4, -0.2) is 33.2 Å². The summed E-state index contributed by atoms with van der Waals surface area (Å²) in [6.45, 7) is 2.18. The Labute approximate surface area is 170 Å². The number of para-hydroxylation sites is 2. The van der Waals surface area contributed by atoms with Gasteiger partial charge in [0.25, 0.3) is 0 Å². The molecule has 0 radical (unpaired) electrons. The van der Waals surface area contributed by atoms with Gasteiger partial charge in [-0.3, -0.25) is 4.79 Å². The number of carbonyl (C=O) groups excluding carboxylic acids is 1. The number of imidazole rings is 1. The van der Waals surface area contributed by atoms with E-state index < -0.39 is 6.10 Å². The van der Waals surface area contributed by atoms with Crippen molar-refractivity contribution in [2.75, 3.05) is 6.61 Å². The van der Waals surface area contributed by atoms with E-state index in [4.69, 9.17) is 9.72 Å².